The van der Waals surface area contributed by atoms with Gasteiger partial charge in [0, 0.05) is 31.7 Å². The number of hydrogen-bond donors (Lipinski definition) is 1. The van der Waals surface area contributed by atoms with Crippen molar-refractivity contribution in [3.05, 3.63) is 47.5 Å². The second-order valence-corrected chi connectivity index (χ2v) is 6.01. The lowest BCUT2D eigenvalue weighted by Crippen LogP contribution is -2.46. The fourth-order valence-corrected chi connectivity index (χ4v) is 3.11. The van der Waals surface area contributed by atoms with Crippen LogP contribution in [0.2, 0.25) is 0 Å². The summed E-state index contributed by atoms with van der Waals surface area (Å²) in [4.78, 5) is 14.9. The van der Waals surface area contributed by atoms with Gasteiger partial charge in [-0.1, -0.05) is 43.7 Å². The van der Waals surface area contributed by atoms with E-state index in [4.69, 9.17) is 0 Å². The number of benzene rings is 2. The van der Waals surface area contributed by atoms with Crippen molar-refractivity contribution in [1.82, 2.24) is 10.2 Å². The van der Waals surface area contributed by atoms with Crippen LogP contribution in [0.1, 0.15) is 35.7 Å². The molecule has 1 fully saturated rings. The molecular formula is C19H24N2O. The zero-order valence-corrected chi connectivity index (χ0v) is 13.3. The molecule has 1 heterocycles. The number of rotatable bonds is 4. The quantitative estimate of drug-likeness (QED) is 0.939. The Kier molecular flexibility index (Phi) is 4.74. The summed E-state index contributed by atoms with van der Waals surface area (Å²) in [5.41, 5.74) is 2.14. The average Bonchev–Trinajstić information content (AvgIpc) is 2.59. The highest BCUT2D eigenvalue weighted by Gasteiger charge is 2.20. The summed E-state index contributed by atoms with van der Waals surface area (Å²) in [7, 11) is 0. The number of nitrogens with zero attached hydrogens (tertiary/aromatic N) is 1. The van der Waals surface area contributed by atoms with Gasteiger partial charge in [0.15, 0.2) is 0 Å². The van der Waals surface area contributed by atoms with E-state index in [1.807, 2.05) is 17.0 Å². The predicted octanol–water partition coefficient (Wildman–Crippen LogP) is 3.23. The standard InChI is InChI=1S/C19H24N2O/c1-2-3-6-15-13-16-7-4-5-8-17(16)18(14-15)19(22)21-11-9-20-10-12-21/h4-5,7-8,13-14,20H,2-3,6,9-12H2,1H3. The number of hydrogen-bond acceptors (Lipinski definition) is 2. The van der Waals surface area contributed by atoms with Crippen LogP contribution >= 0.6 is 0 Å². The molecule has 0 aliphatic carbocycles. The highest BCUT2D eigenvalue weighted by Crippen LogP contribution is 2.24. The first-order valence-corrected chi connectivity index (χ1v) is 8.31. The molecule has 0 bridgehead atoms. The van der Waals surface area contributed by atoms with Gasteiger partial charge in [0.2, 0.25) is 0 Å². The third-order valence-corrected chi connectivity index (χ3v) is 4.38. The minimum Gasteiger partial charge on any atom is -0.336 e. The molecule has 1 N–H and O–H groups in total. The van der Waals surface area contributed by atoms with Crippen LogP contribution < -0.4 is 5.32 Å². The van der Waals surface area contributed by atoms with Gasteiger partial charge in [-0.15, -0.1) is 0 Å². The van der Waals surface area contributed by atoms with Crippen LogP contribution in [0, 0.1) is 0 Å². The van der Waals surface area contributed by atoms with Gasteiger partial charge in [-0.05, 0) is 35.2 Å². The summed E-state index contributed by atoms with van der Waals surface area (Å²) in [6.07, 6.45) is 3.39. The number of aryl methyl sites for hydroxylation is 1. The van der Waals surface area contributed by atoms with Crippen LogP contribution in [-0.2, 0) is 6.42 Å². The molecule has 2 aromatic carbocycles. The number of fused-ring (bicyclic) bond motifs is 1. The van der Waals surface area contributed by atoms with E-state index in [2.05, 4.69) is 36.5 Å². The molecule has 0 radical (unpaired) electrons. The first-order valence-electron chi connectivity index (χ1n) is 8.31. The van der Waals surface area contributed by atoms with Crippen LogP contribution in [0.25, 0.3) is 10.8 Å². The molecule has 0 atom stereocenters. The topological polar surface area (TPSA) is 32.3 Å². The van der Waals surface area contributed by atoms with Crippen LogP contribution in [0.5, 0.6) is 0 Å². The summed E-state index contributed by atoms with van der Waals surface area (Å²) < 4.78 is 0. The van der Waals surface area contributed by atoms with Crippen LogP contribution in [0.3, 0.4) is 0 Å². The Balaban J connectivity index is 1.99. The Morgan fingerprint density at radius 1 is 1.18 bits per heavy atom. The minimum atomic E-state index is 0.177. The Labute approximate surface area is 132 Å². The fourth-order valence-electron chi connectivity index (χ4n) is 3.11. The van der Waals surface area contributed by atoms with Gasteiger partial charge < -0.3 is 10.2 Å². The number of unbranched alkanes of at least 4 members (excludes halogenated alkanes) is 1. The van der Waals surface area contributed by atoms with E-state index in [1.165, 1.54) is 23.8 Å². The second kappa shape index (κ2) is 6.93. The lowest BCUT2D eigenvalue weighted by molar-refractivity contribution is 0.0737. The van der Waals surface area contributed by atoms with Gasteiger partial charge in [0.05, 0.1) is 0 Å². The maximum absolute atomic E-state index is 12.9. The molecule has 1 aliphatic heterocycles. The van der Waals surface area contributed by atoms with Crippen molar-refractivity contribution >= 4 is 16.7 Å². The molecule has 3 nitrogen and oxygen atoms in total. The molecule has 0 unspecified atom stereocenters. The smallest absolute Gasteiger partial charge is 0.254 e. The van der Waals surface area contributed by atoms with Gasteiger partial charge in [-0.25, -0.2) is 0 Å². The monoisotopic (exact) mass is 296 g/mol. The first-order chi connectivity index (χ1) is 10.8. The first kappa shape index (κ1) is 15.0. The third kappa shape index (κ3) is 3.14. The normalized spacial score (nSPS) is 15.2. The molecule has 0 spiro atoms. The zero-order chi connectivity index (χ0) is 15.4. The Bertz CT molecular complexity index is 660. The molecule has 3 heteroatoms. The fraction of sp³-hybridized carbons (Fsp3) is 0.421. The predicted molar refractivity (Wildman–Crippen MR) is 91.3 cm³/mol. The summed E-state index contributed by atoms with van der Waals surface area (Å²) in [5, 5.41) is 5.55. The maximum Gasteiger partial charge on any atom is 0.254 e. The van der Waals surface area contributed by atoms with Gasteiger partial charge in [0.25, 0.3) is 5.91 Å². The summed E-state index contributed by atoms with van der Waals surface area (Å²) >= 11 is 0. The van der Waals surface area contributed by atoms with Crippen molar-refractivity contribution in [1.29, 1.82) is 0 Å². The van der Waals surface area contributed by atoms with Crippen molar-refractivity contribution in [2.24, 2.45) is 0 Å². The van der Waals surface area contributed by atoms with Crippen LogP contribution in [0.4, 0.5) is 0 Å². The molecule has 1 aliphatic rings. The molecule has 22 heavy (non-hydrogen) atoms. The third-order valence-electron chi connectivity index (χ3n) is 4.38. The van der Waals surface area contributed by atoms with Gasteiger partial charge in [-0.3, -0.25) is 4.79 Å². The van der Waals surface area contributed by atoms with Crippen molar-refractivity contribution in [3.8, 4) is 0 Å². The van der Waals surface area contributed by atoms with E-state index in [0.717, 1.165) is 43.5 Å². The molecule has 2 aromatic rings. The SMILES string of the molecule is CCCCc1cc(C(=O)N2CCNCC2)c2ccccc2c1. The minimum absolute atomic E-state index is 0.177. The number of carbonyl (C=O) groups excluding carboxylic acids is 1. The van der Waals surface area contributed by atoms with E-state index >= 15 is 0 Å². The van der Waals surface area contributed by atoms with Crippen LogP contribution in [0.15, 0.2) is 36.4 Å². The lowest BCUT2D eigenvalue weighted by atomic mass is 9.97. The average molecular weight is 296 g/mol. The number of amides is 1. The van der Waals surface area contributed by atoms with Crippen LogP contribution in [-0.4, -0.2) is 37.0 Å². The zero-order valence-electron chi connectivity index (χ0n) is 13.3. The van der Waals surface area contributed by atoms with E-state index in [1.54, 1.807) is 0 Å². The molecular weight excluding hydrogens is 272 g/mol. The largest absolute Gasteiger partial charge is 0.336 e. The van der Waals surface area contributed by atoms with Gasteiger partial charge in [-0.2, -0.15) is 0 Å². The van der Waals surface area contributed by atoms with E-state index in [-0.39, 0.29) is 5.91 Å². The Hall–Kier alpha value is -1.87. The Morgan fingerprint density at radius 2 is 1.95 bits per heavy atom. The van der Waals surface area contributed by atoms with Crippen molar-refractivity contribution < 1.29 is 4.79 Å². The lowest BCUT2D eigenvalue weighted by Gasteiger charge is -2.28. The van der Waals surface area contributed by atoms with Gasteiger partial charge in [0.1, 0.15) is 0 Å². The number of piperazine rings is 1. The molecule has 3 rings (SSSR count). The maximum atomic E-state index is 12.9. The summed E-state index contributed by atoms with van der Waals surface area (Å²) in [6, 6.07) is 12.6. The summed E-state index contributed by atoms with van der Waals surface area (Å²) in [5.74, 6) is 0.177. The number of carbonyl (C=O) groups is 1. The van der Waals surface area contributed by atoms with Crippen molar-refractivity contribution in [2.45, 2.75) is 26.2 Å². The van der Waals surface area contributed by atoms with E-state index in [9.17, 15) is 4.79 Å². The van der Waals surface area contributed by atoms with E-state index < -0.39 is 0 Å². The van der Waals surface area contributed by atoms with Gasteiger partial charge >= 0.3 is 0 Å². The Morgan fingerprint density at radius 3 is 2.73 bits per heavy atom. The molecule has 1 amide bonds. The van der Waals surface area contributed by atoms with Crippen molar-refractivity contribution in [3.63, 3.8) is 0 Å². The van der Waals surface area contributed by atoms with E-state index in [0.29, 0.717) is 0 Å². The molecule has 0 saturated carbocycles. The number of nitrogens with one attached hydrogen (secondary N) is 1. The second-order valence-electron chi connectivity index (χ2n) is 6.01. The molecule has 1 saturated heterocycles. The highest BCUT2D eigenvalue weighted by molar-refractivity contribution is 6.07. The van der Waals surface area contributed by atoms with Crippen molar-refractivity contribution in [2.75, 3.05) is 26.2 Å². The summed E-state index contributed by atoms with van der Waals surface area (Å²) in [6.45, 7) is 5.57. The highest BCUT2D eigenvalue weighted by atomic mass is 16.2. The molecule has 0 aromatic heterocycles. The molecule has 116 valence electrons.